The Balaban J connectivity index is 2.20. The summed E-state index contributed by atoms with van der Waals surface area (Å²) in [4.78, 5) is 0. The van der Waals surface area contributed by atoms with Gasteiger partial charge >= 0.3 is 0 Å². The summed E-state index contributed by atoms with van der Waals surface area (Å²) in [5.74, 6) is 0.265. The zero-order valence-electron chi connectivity index (χ0n) is 11.2. The lowest BCUT2D eigenvalue weighted by Gasteiger charge is -2.18. The van der Waals surface area contributed by atoms with E-state index in [0.717, 1.165) is 24.0 Å². The fourth-order valence-corrected chi connectivity index (χ4v) is 1.77. The normalized spacial score (nSPS) is 11.6. The van der Waals surface area contributed by atoms with E-state index in [2.05, 4.69) is 42.0 Å². The molecule has 0 radical (unpaired) electrons. The van der Waals surface area contributed by atoms with Crippen LogP contribution < -0.4 is 10.1 Å². The smallest absolute Gasteiger partial charge is 0.136 e. The second kappa shape index (κ2) is 7.10. The van der Waals surface area contributed by atoms with Gasteiger partial charge in [0.25, 0.3) is 0 Å². The first-order chi connectivity index (χ1) is 8.38. The highest BCUT2D eigenvalue weighted by molar-refractivity contribution is 9.10. The van der Waals surface area contributed by atoms with Gasteiger partial charge in [-0.15, -0.1) is 0 Å². The van der Waals surface area contributed by atoms with E-state index in [9.17, 15) is 4.39 Å². The van der Waals surface area contributed by atoms with Gasteiger partial charge in [-0.3, -0.25) is 0 Å². The standard InChI is InChI=1S/C14H21BrFNO/c1-14(2,3)6-7-17-8-9-18-13-10-11(16)4-5-12(13)15/h4-5,10,17H,6-9H2,1-3H3. The zero-order chi connectivity index (χ0) is 13.6. The van der Waals surface area contributed by atoms with Crippen molar-refractivity contribution < 1.29 is 9.13 Å². The van der Waals surface area contributed by atoms with Crippen LogP contribution in [0.15, 0.2) is 22.7 Å². The van der Waals surface area contributed by atoms with Gasteiger partial charge in [-0.05, 0) is 46.4 Å². The van der Waals surface area contributed by atoms with Crippen LogP contribution >= 0.6 is 15.9 Å². The Hall–Kier alpha value is -0.610. The van der Waals surface area contributed by atoms with Gasteiger partial charge in [-0.25, -0.2) is 4.39 Å². The van der Waals surface area contributed by atoms with Crippen molar-refractivity contribution in [1.82, 2.24) is 5.32 Å². The van der Waals surface area contributed by atoms with Crippen LogP contribution in [0.5, 0.6) is 5.75 Å². The van der Waals surface area contributed by atoms with Crippen LogP contribution in [0.25, 0.3) is 0 Å². The van der Waals surface area contributed by atoms with E-state index in [1.807, 2.05) is 0 Å². The van der Waals surface area contributed by atoms with Gasteiger partial charge in [0.2, 0.25) is 0 Å². The summed E-state index contributed by atoms with van der Waals surface area (Å²) >= 11 is 3.33. The second-order valence-electron chi connectivity index (χ2n) is 5.48. The molecular weight excluding hydrogens is 297 g/mol. The number of rotatable bonds is 6. The molecule has 1 aromatic rings. The third kappa shape index (κ3) is 6.36. The lowest BCUT2D eigenvalue weighted by atomic mass is 9.92. The number of halogens is 2. The Kier molecular flexibility index (Phi) is 6.09. The van der Waals surface area contributed by atoms with Gasteiger partial charge in [-0.2, -0.15) is 0 Å². The van der Waals surface area contributed by atoms with Crippen LogP contribution in [0.1, 0.15) is 27.2 Å². The molecule has 1 rings (SSSR count). The van der Waals surface area contributed by atoms with Crippen molar-refractivity contribution in [2.24, 2.45) is 5.41 Å². The largest absolute Gasteiger partial charge is 0.491 e. The minimum Gasteiger partial charge on any atom is -0.491 e. The summed E-state index contributed by atoms with van der Waals surface area (Å²) in [5.41, 5.74) is 0.347. The van der Waals surface area contributed by atoms with Crippen molar-refractivity contribution in [3.05, 3.63) is 28.5 Å². The van der Waals surface area contributed by atoms with Crippen LogP contribution in [0.4, 0.5) is 4.39 Å². The minimum atomic E-state index is -0.283. The molecule has 0 unspecified atom stereocenters. The summed E-state index contributed by atoms with van der Waals surface area (Å²) in [5, 5.41) is 3.31. The zero-order valence-corrected chi connectivity index (χ0v) is 12.8. The van der Waals surface area contributed by atoms with Gasteiger partial charge in [0, 0.05) is 12.6 Å². The van der Waals surface area contributed by atoms with Gasteiger partial charge in [0.05, 0.1) is 4.47 Å². The molecule has 0 bridgehead atoms. The van der Waals surface area contributed by atoms with E-state index in [1.54, 1.807) is 6.07 Å². The first-order valence-electron chi connectivity index (χ1n) is 6.17. The highest BCUT2D eigenvalue weighted by Crippen LogP contribution is 2.25. The van der Waals surface area contributed by atoms with Gasteiger partial charge < -0.3 is 10.1 Å². The number of hydrogen-bond donors (Lipinski definition) is 1. The molecule has 0 atom stereocenters. The maximum Gasteiger partial charge on any atom is 0.136 e. The molecule has 0 spiro atoms. The molecule has 0 amide bonds. The topological polar surface area (TPSA) is 21.3 Å². The van der Waals surface area contributed by atoms with Crippen LogP contribution in [0.3, 0.4) is 0 Å². The van der Waals surface area contributed by atoms with Gasteiger partial charge in [0.15, 0.2) is 0 Å². The van der Waals surface area contributed by atoms with Crippen LogP contribution in [0, 0.1) is 11.2 Å². The van der Waals surface area contributed by atoms with Crippen molar-refractivity contribution in [3.8, 4) is 5.75 Å². The molecule has 1 N–H and O–H groups in total. The van der Waals surface area contributed by atoms with E-state index in [-0.39, 0.29) is 5.82 Å². The number of benzene rings is 1. The maximum absolute atomic E-state index is 13.0. The number of hydrogen-bond acceptors (Lipinski definition) is 2. The molecule has 0 aliphatic rings. The van der Waals surface area contributed by atoms with E-state index in [1.165, 1.54) is 12.1 Å². The molecule has 0 aromatic heterocycles. The molecule has 1 aromatic carbocycles. The Labute approximate surface area is 117 Å². The molecule has 102 valence electrons. The number of ether oxygens (including phenoxy) is 1. The molecule has 0 heterocycles. The summed E-state index contributed by atoms with van der Waals surface area (Å²) in [7, 11) is 0. The predicted octanol–water partition coefficient (Wildman–Crippen LogP) is 3.99. The minimum absolute atomic E-state index is 0.283. The third-order valence-electron chi connectivity index (χ3n) is 2.48. The van der Waals surface area contributed by atoms with Crippen LogP contribution in [-0.2, 0) is 0 Å². The molecule has 18 heavy (non-hydrogen) atoms. The highest BCUT2D eigenvalue weighted by Gasteiger charge is 2.08. The SMILES string of the molecule is CC(C)(C)CCNCCOc1cc(F)ccc1Br. The molecule has 0 saturated heterocycles. The molecule has 0 aliphatic heterocycles. The third-order valence-corrected chi connectivity index (χ3v) is 3.14. The predicted molar refractivity (Wildman–Crippen MR) is 76.5 cm³/mol. The van der Waals surface area contributed by atoms with Gasteiger partial charge in [-0.1, -0.05) is 20.8 Å². The Morgan fingerprint density at radius 3 is 2.67 bits per heavy atom. The first kappa shape index (κ1) is 15.4. The molecule has 4 heteroatoms. The average molecular weight is 318 g/mol. The van der Waals surface area contributed by atoms with Crippen molar-refractivity contribution in [2.45, 2.75) is 27.2 Å². The van der Waals surface area contributed by atoms with Gasteiger partial charge in [0.1, 0.15) is 18.2 Å². The van der Waals surface area contributed by atoms with Crippen molar-refractivity contribution in [3.63, 3.8) is 0 Å². The molecule has 0 saturated carbocycles. The van der Waals surface area contributed by atoms with Crippen LogP contribution in [-0.4, -0.2) is 19.7 Å². The van der Waals surface area contributed by atoms with Crippen molar-refractivity contribution in [2.75, 3.05) is 19.7 Å². The Bertz CT molecular complexity index is 377. The Morgan fingerprint density at radius 2 is 2.00 bits per heavy atom. The fourth-order valence-electron chi connectivity index (χ4n) is 1.41. The first-order valence-corrected chi connectivity index (χ1v) is 6.96. The average Bonchev–Trinajstić information content (AvgIpc) is 2.26. The molecule has 2 nitrogen and oxygen atoms in total. The van der Waals surface area contributed by atoms with E-state index in [0.29, 0.717) is 17.8 Å². The van der Waals surface area contributed by atoms with Crippen molar-refractivity contribution in [1.29, 1.82) is 0 Å². The lowest BCUT2D eigenvalue weighted by molar-refractivity contribution is 0.301. The van der Waals surface area contributed by atoms with E-state index < -0.39 is 0 Å². The van der Waals surface area contributed by atoms with E-state index in [4.69, 9.17) is 4.74 Å². The second-order valence-corrected chi connectivity index (χ2v) is 6.34. The lowest BCUT2D eigenvalue weighted by Crippen LogP contribution is -2.25. The Morgan fingerprint density at radius 1 is 1.28 bits per heavy atom. The summed E-state index contributed by atoms with van der Waals surface area (Å²) in [6.45, 7) is 8.92. The van der Waals surface area contributed by atoms with Crippen molar-refractivity contribution >= 4 is 15.9 Å². The molecular formula is C14H21BrFNO. The number of nitrogens with one attached hydrogen (secondary N) is 1. The molecule has 0 aliphatic carbocycles. The summed E-state index contributed by atoms with van der Waals surface area (Å²) in [6.07, 6.45) is 1.12. The highest BCUT2D eigenvalue weighted by atomic mass is 79.9. The summed E-state index contributed by atoms with van der Waals surface area (Å²) < 4.78 is 19.3. The quantitative estimate of drug-likeness (QED) is 0.801. The summed E-state index contributed by atoms with van der Waals surface area (Å²) in [6, 6.07) is 4.44. The monoisotopic (exact) mass is 317 g/mol. The van der Waals surface area contributed by atoms with Crippen LogP contribution in [0.2, 0.25) is 0 Å². The maximum atomic E-state index is 13.0. The fraction of sp³-hybridized carbons (Fsp3) is 0.571. The van der Waals surface area contributed by atoms with E-state index >= 15 is 0 Å². The molecule has 0 fully saturated rings.